The maximum absolute atomic E-state index is 12.7. The molecule has 7 heteroatoms. The van der Waals surface area contributed by atoms with Crippen LogP contribution in [0.2, 0.25) is 0 Å². The molecule has 0 aliphatic carbocycles. The van der Waals surface area contributed by atoms with E-state index in [2.05, 4.69) is 0 Å². The molecule has 0 aliphatic rings. The molecule has 0 bridgehead atoms. The Morgan fingerprint density at radius 2 is 1.41 bits per heavy atom. The molecule has 3 aromatic rings. The van der Waals surface area contributed by atoms with Crippen molar-refractivity contribution >= 4 is 22.0 Å². The third-order valence-electron chi connectivity index (χ3n) is 4.75. The summed E-state index contributed by atoms with van der Waals surface area (Å²) in [6, 6.07) is 23.1. The fourth-order valence-corrected chi connectivity index (χ4v) is 4.44. The van der Waals surface area contributed by atoms with Crippen molar-refractivity contribution in [3.05, 3.63) is 102 Å². The smallest absolute Gasteiger partial charge is 0.361 e. The topological polar surface area (TPSA) is 94.9 Å². The van der Waals surface area contributed by atoms with Gasteiger partial charge in [-0.3, -0.25) is 4.55 Å². The molecule has 6 nitrogen and oxygen atoms in total. The Kier molecular flexibility index (Phi) is 5.72. The van der Waals surface area contributed by atoms with Gasteiger partial charge in [0, 0.05) is 6.42 Å². The van der Waals surface area contributed by atoms with Crippen molar-refractivity contribution in [2.45, 2.75) is 18.9 Å². The predicted octanol–water partition coefficient (Wildman–Crippen LogP) is 3.83. The number of hydrogen-bond acceptors (Lipinski definition) is 3. The number of carbonyl (C=O) groups is 1. The standard InChI is InChI=1S/C22H21NO5S/c1-17-12-14-20(15-13-17)23(29(26,27)28)22(21(24)25,19-10-6-3-7-11-19)16-18-8-4-2-5-9-18/h2-15H,16H2,1H3,(H,24,25)(H,26,27,28)/t22-/m0/s1. The number of hydrogen-bond donors (Lipinski definition) is 2. The van der Waals surface area contributed by atoms with E-state index in [0.717, 1.165) is 5.56 Å². The van der Waals surface area contributed by atoms with Crippen LogP contribution >= 0.6 is 0 Å². The van der Waals surface area contributed by atoms with Gasteiger partial charge in [-0.2, -0.15) is 8.42 Å². The lowest BCUT2D eigenvalue weighted by Crippen LogP contribution is -2.56. The van der Waals surface area contributed by atoms with Crippen molar-refractivity contribution in [2.75, 3.05) is 4.31 Å². The number of aliphatic carboxylic acids is 1. The van der Waals surface area contributed by atoms with Crippen molar-refractivity contribution in [1.29, 1.82) is 0 Å². The van der Waals surface area contributed by atoms with Crippen molar-refractivity contribution in [3.63, 3.8) is 0 Å². The van der Waals surface area contributed by atoms with Gasteiger partial charge in [0.15, 0.2) is 5.54 Å². The summed E-state index contributed by atoms with van der Waals surface area (Å²) in [4.78, 5) is 12.7. The number of nitrogens with zero attached hydrogens (tertiary/aromatic N) is 1. The highest BCUT2D eigenvalue weighted by molar-refractivity contribution is 7.87. The van der Waals surface area contributed by atoms with Crippen LogP contribution in [0.15, 0.2) is 84.9 Å². The lowest BCUT2D eigenvalue weighted by molar-refractivity contribution is -0.143. The number of rotatable bonds is 7. The summed E-state index contributed by atoms with van der Waals surface area (Å²) in [5, 5.41) is 10.4. The van der Waals surface area contributed by atoms with Gasteiger partial charge in [0.2, 0.25) is 0 Å². The minimum atomic E-state index is -4.95. The SMILES string of the molecule is Cc1ccc(N([C@](Cc2ccccc2)(C(=O)O)c2ccccc2)S(=O)(=O)O)cc1. The first-order chi connectivity index (χ1) is 13.7. The van der Waals surface area contributed by atoms with Crippen LogP contribution in [0.25, 0.3) is 0 Å². The van der Waals surface area contributed by atoms with Gasteiger partial charge in [-0.05, 0) is 30.2 Å². The summed E-state index contributed by atoms with van der Waals surface area (Å²) in [6.45, 7) is 1.83. The van der Waals surface area contributed by atoms with Crippen LogP contribution in [0, 0.1) is 6.92 Å². The first kappa shape index (κ1) is 20.6. The number of anilines is 1. The summed E-state index contributed by atoms with van der Waals surface area (Å²) in [6.07, 6.45) is -0.180. The molecule has 3 rings (SSSR count). The predicted molar refractivity (Wildman–Crippen MR) is 111 cm³/mol. The highest BCUT2D eigenvalue weighted by Gasteiger charge is 2.51. The van der Waals surface area contributed by atoms with E-state index in [1.165, 1.54) is 12.1 Å². The normalized spacial score (nSPS) is 13.4. The van der Waals surface area contributed by atoms with Gasteiger partial charge in [0.25, 0.3) is 0 Å². The number of benzene rings is 3. The zero-order valence-electron chi connectivity index (χ0n) is 15.8. The Morgan fingerprint density at radius 3 is 1.90 bits per heavy atom. The fourth-order valence-electron chi connectivity index (χ4n) is 3.41. The molecule has 150 valence electrons. The van der Waals surface area contributed by atoms with E-state index in [9.17, 15) is 22.9 Å². The molecular weight excluding hydrogens is 390 g/mol. The van der Waals surface area contributed by atoms with Crippen molar-refractivity contribution in [1.82, 2.24) is 0 Å². The molecule has 0 spiro atoms. The summed E-state index contributed by atoms with van der Waals surface area (Å²) in [5.41, 5.74) is -0.326. The van der Waals surface area contributed by atoms with Crippen LogP contribution in [0.5, 0.6) is 0 Å². The molecular formula is C22H21NO5S. The zero-order chi connectivity index (χ0) is 21.1. The Balaban J connectivity index is 2.34. The Bertz CT molecular complexity index is 1080. The summed E-state index contributed by atoms with van der Waals surface area (Å²) in [7, 11) is -4.95. The van der Waals surface area contributed by atoms with E-state index in [4.69, 9.17) is 0 Å². The van der Waals surface area contributed by atoms with E-state index >= 15 is 0 Å². The first-order valence-electron chi connectivity index (χ1n) is 8.92. The quantitative estimate of drug-likeness (QED) is 0.576. The summed E-state index contributed by atoms with van der Waals surface area (Å²) >= 11 is 0. The number of carboxylic acids is 1. The molecule has 1 atom stereocenters. The average molecular weight is 411 g/mol. The highest BCUT2D eigenvalue weighted by Crippen LogP contribution is 2.39. The molecule has 0 aliphatic heterocycles. The van der Waals surface area contributed by atoms with Crippen molar-refractivity contribution in [2.24, 2.45) is 0 Å². The lowest BCUT2D eigenvalue weighted by atomic mass is 9.83. The molecule has 0 amide bonds. The molecule has 0 radical (unpaired) electrons. The van der Waals surface area contributed by atoms with E-state index in [1.54, 1.807) is 72.8 Å². The van der Waals surface area contributed by atoms with Crippen LogP contribution < -0.4 is 4.31 Å². The third-order valence-corrected chi connectivity index (χ3v) is 5.74. The van der Waals surface area contributed by atoms with Crippen LogP contribution in [0.3, 0.4) is 0 Å². The van der Waals surface area contributed by atoms with E-state index in [0.29, 0.717) is 9.87 Å². The highest BCUT2D eigenvalue weighted by atomic mass is 32.2. The third kappa shape index (κ3) is 4.16. The molecule has 0 unspecified atom stereocenters. The van der Waals surface area contributed by atoms with Gasteiger partial charge in [-0.25, -0.2) is 9.10 Å². The molecule has 0 saturated heterocycles. The Labute approximate surface area is 169 Å². The van der Waals surface area contributed by atoms with Gasteiger partial charge in [0.1, 0.15) is 0 Å². The zero-order valence-corrected chi connectivity index (χ0v) is 16.6. The van der Waals surface area contributed by atoms with Crippen LogP contribution in [0.1, 0.15) is 16.7 Å². The minimum Gasteiger partial charge on any atom is -0.479 e. The van der Waals surface area contributed by atoms with E-state index in [-0.39, 0.29) is 17.7 Å². The van der Waals surface area contributed by atoms with Crippen LogP contribution in [-0.4, -0.2) is 24.0 Å². The second-order valence-corrected chi connectivity index (χ2v) is 8.03. The number of carboxylic acid groups (broad SMARTS) is 1. The minimum absolute atomic E-state index is 0.0558. The molecule has 0 saturated carbocycles. The molecule has 0 heterocycles. The van der Waals surface area contributed by atoms with Crippen LogP contribution in [-0.2, 0) is 27.1 Å². The molecule has 3 aromatic carbocycles. The van der Waals surface area contributed by atoms with Gasteiger partial charge in [-0.1, -0.05) is 78.4 Å². The molecule has 0 fully saturated rings. The van der Waals surface area contributed by atoms with Gasteiger partial charge < -0.3 is 5.11 Å². The van der Waals surface area contributed by atoms with Crippen LogP contribution in [0.4, 0.5) is 5.69 Å². The Morgan fingerprint density at radius 1 is 0.897 bits per heavy atom. The lowest BCUT2D eigenvalue weighted by Gasteiger charge is -2.40. The second-order valence-electron chi connectivity index (χ2n) is 6.77. The second kappa shape index (κ2) is 8.06. The van der Waals surface area contributed by atoms with Gasteiger partial charge in [0.05, 0.1) is 5.69 Å². The first-order valence-corrected chi connectivity index (χ1v) is 10.3. The maximum atomic E-state index is 12.7. The van der Waals surface area contributed by atoms with E-state index in [1.807, 2.05) is 6.92 Å². The number of aryl methyl sites for hydroxylation is 1. The Hall–Kier alpha value is -3.16. The monoisotopic (exact) mass is 411 g/mol. The summed E-state index contributed by atoms with van der Waals surface area (Å²) < 4.78 is 35.8. The summed E-state index contributed by atoms with van der Waals surface area (Å²) in [5.74, 6) is -1.40. The van der Waals surface area contributed by atoms with Gasteiger partial charge in [-0.15, -0.1) is 0 Å². The van der Waals surface area contributed by atoms with Crippen molar-refractivity contribution in [3.8, 4) is 0 Å². The average Bonchev–Trinajstić information content (AvgIpc) is 2.69. The molecule has 0 aromatic heterocycles. The van der Waals surface area contributed by atoms with Gasteiger partial charge >= 0.3 is 16.3 Å². The molecule has 2 N–H and O–H groups in total. The van der Waals surface area contributed by atoms with E-state index < -0.39 is 21.8 Å². The molecule has 29 heavy (non-hydrogen) atoms. The largest absolute Gasteiger partial charge is 0.479 e. The fraction of sp³-hybridized carbons (Fsp3) is 0.136. The maximum Gasteiger partial charge on any atom is 0.361 e. The van der Waals surface area contributed by atoms with Crippen molar-refractivity contribution < 1.29 is 22.9 Å².